The zero-order chi connectivity index (χ0) is 12.0. The van der Waals surface area contributed by atoms with Gasteiger partial charge in [-0.2, -0.15) is 5.10 Å². The molecule has 1 heterocycles. The average molecular weight is 231 g/mol. The molecule has 88 valence electrons. The summed E-state index contributed by atoms with van der Waals surface area (Å²) in [4.78, 5) is 0. The van der Waals surface area contributed by atoms with Crippen molar-refractivity contribution in [2.45, 2.75) is 19.3 Å². The molecule has 0 amide bonds. The predicted octanol–water partition coefficient (Wildman–Crippen LogP) is 2.92. The van der Waals surface area contributed by atoms with Crippen molar-refractivity contribution in [1.82, 2.24) is 10.2 Å². The van der Waals surface area contributed by atoms with E-state index in [1.54, 1.807) is 12.1 Å². The van der Waals surface area contributed by atoms with Gasteiger partial charge in [0.1, 0.15) is 5.82 Å². The van der Waals surface area contributed by atoms with Crippen molar-refractivity contribution in [3.63, 3.8) is 0 Å². The normalized spacial score (nSPS) is 22.7. The molecule has 1 fully saturated rings. The lowest BCUT2D eigenvalue weighted by atomic mass is 10.0. The van der Waals surface area contributed by atoms with E-state index in [1.807, 2.05) is 6.07 Å². The Morgan fingerprint density at radius 1 is 1.41 bits per heavy atom. The van der Waals surface area contributed by atoms with Crippen LogP contribution in [0.2, 0.25) is 0 Å². The van der Waals surface area contributed by atoms with E-state index in [4.69, 9.17) is 5.73 Å². The van der Waals surface area contributed by atoms with Crippen LogP contribution in [0.4, 0.5) is 10.2 Å². The van der Waals surface area contributed by atoms with Crippen molar-refractivity contribution in [2.24, 2.45) is 5.92 Å². The van der Waals surface area contributed by atoms with E-state index < -0.39 is 0 Å². The van der Waals surface area contributed by atoms with Crippen molar-refractivity contribution >= 4 is 5.82 Å². The second kappa shape index (κ2) is 3.58. The van der Waals surface area contributed by atoms with Crippen LogP contribution >= 0.6 is 0 Å². The third kappa shape index (κ3) is 1.60. The summed E-state index contributed by atoms with van der Waals surface area (Å²) >= 11 is 0. The van der Waals surface area contributed by atoms with E-state index in [9.17, 15) is 4.39 Å². The zero-order valence-electron chi connectivity index (χ0n) is 9.57. The molecule has 1 saturated carbocycles. The van der Waals surface area contributed by atoms with Gasteiger partial charge in [-0.25, -0.2) is 4.39 Å². The van der Waals surface area contributed by atoms with E-state index in [2.05, 4.69) is 17.1 Å². The molecule has 1 aliphatic rings. The third-order valence-corrected chi connectivity index (χ3v) is 3.45. The number of H-pyrrole nitrogens is 1. The van der Waals surface area contributed by atoms with Gasteiger partial charge in [-0.3, -0.25) is 5.10 Å². The van der Waals surface area contributed by atoms with Gasteiger partial charge in [0.05, 0.1) is 0 Å². The van der Waals surface area contributed by atoms with Crippen LogP contribution in [-0.4, -0.2) is 10.2 Å². The van der Waals surface area contributed by atoms with Crippen molar-refractivity contribution in [3.05, 3.63) is 35.8 Å². The maximum absolute atomic E-state index is 13.8. The molecule has 0 radical (unpaired) electrons. The summed E-state index contributed by atoms with van der Waals surface area (Å²) in [5, 5.41) is 6.97. The lowest BCUT2D eigenvalue weighted by Crippen LogP contribution is -1.92. The molecule has 2 atom stereocenters. The Morgan fingerprint density at radius 2 is 2.12 bits per heavy atom. The summed E-state index contributed by atoms with van der Waals surface area (Å²) < 4.78 is 13.8. The molecule has 2 aromatic rings. The lowest BCUT2D eigenvalue weighted by Gasteiger charge is -2.04. The molecule has 3 N–H and O–H groups in total. The Labute approximate surface area is 98.8 Å². The first kappa shape index (κ1) is 10.3. The number of benzene rings is 1. The minimum atomic E-state index is -0.254. The minimum Gasteiger partial charge on any atom is -0.382 e. The Hall–Kier alpha value is -1.84. The van der Waals surface area contributed by atoms with E-state index >= 15 is 0 Å². The number of hydrogen-bond acceptors (Lipinski definition) is 2. The van der Waals surface area contributed by atoms with Gasteiger partial charge in [0, 0.05) is 22.7 Å². The van der Waals surface area contributed by atoms with E-state index in [1.165, 1.54) is 6.07 Å². The molecule has 4 heteroatoms. The van der Waals surface area contributed by atoms with Gasteiger partial charge >= 0.3 is 0 Å². The Kier molecular flexibility index (Phi) is 2.18. The van der Waals surface area contributed by atoms with Crippen LogP contribution in [0.5, 0.6) is 0 Å². The molecule has 0 aliphatic heterocycles. The quantitative estimate of drug-likeness (QED) is 0.834. The summed E-state index contributed by atoms with van der Waals surface area (Å²) in [6.45, 7) is 2.17. The van der Waals surface area contributed by atoms with Crippen LogP contribution in [0, 0.1) is 11.7 Å². The Bertz CT molecular complexity index is 562. The van der Waals surface area contributed by atoms with Gasteiger partial charge in [-0.05, 0) is 18.4 Å². The van der Waals surface area contributed by atoms with Crippen molar-refractivity contribution in [3.8, 4) is 11.1 Å². The van der Waals surface area contributed by atoms with Crippen molar-refractivity contribution in [2.75, 3.05) is 5.73 Å². The summed E-state index contributed by atoms with van der Waals surface area (Å²) in [6.07, 6.45) is 1.11. The highest BCUT2D eigenvalue weighted by Gasteiger charge is 2.38. The fourth-order valence-corrected chi connectivity index (χ4v) is 2.31. The largest absolute Gasteiger partial charge is 0.382 e. The summed E-state index contributed by atoms with van der Waals surface area (Å²) in [5.74, 6) is 1.19. The van der Waals surface area contributed by atoms with Gasteiger partial charge in [0.2, 0.25) is 0 Å². The molecular weight excluding hydrogens is 217 g/mol. The minimum absolute atomic E-state index is 0.254. The molecule has 0 bridgehead atoms. The van der Waals surface area contributed by atoms with Gasteiger partial charge in [0.25, 0.3) is 0 Å². The third-order valence-electron chi connectivity index (χ3n) is 3.45. The van der Waals surface area contributed by atoms with Crippen LogP contribution in [-0.2, 0) is 0 Å². The highest BCUT2D eigenvalue weighted by Crippen LogP contribution is 2.50. The second-order valence-electron chi connectivity index (χ2n) is 4.70. The molecule has 3 nitrogen and oxygen atoms in total. The number of aromatic nitrogens is 2. The maximum Gasteiger partial charge on any atom is 0.153 e. The first-order chi connectivity index (χ1) is 8.18. The fraction of sp³-hybridized carbons (Fsp3) is 0.308. The second-order valence-corrected chi connectivity index (χ2v) is 4.70. The van der Waals surface area contributed by atoms with Crippen LogP contribution in [0.15, 0.2) is 24.3 Å². The number of anilines is 1. The standard InChI is InChI=1S/C13H14FN3/c1-7-6-9(7)12-11(13(15)17-16-12)8-4-2-3-5-10(8)14/h2-5,7,9H,6H2,1H3,(H3,15,16,17). The SMILES string of the molecule is CC1CC1c1[nH]nc(N)c1-c1ccccc1F. The summed E-state index contributed by atoms with van der Waals surface area (Å²) in [7, 11) is 0. The number of nitrogens with two attached hydrogens (primary N) is 1. The highest BCUT2D eigenvalue weighted by atomic mass is 19.1. The molecule has 1 aliphatic carbocycles. The summed E-state index contributed by atoms with van der Waals surface area (Å²) in [5.41, 5.74) is 8.09. The number of rotatable bonds is 2. The number of hydrogen-bond donors (Lipinski definition) is 2. The van der Waals surface area contributed by atoms with Crippen LogP contribution < -0.4 is 5.73 Å². The molecule has 17 heavy (non-hydrogen) atoms. The zero-order valence-corrected chi connectivity index (χ0v) is 9.57. The molecule has 0 saturated heterocycles. The van der Waals surface area contributed by atoms with Crippen LogP contribution in [0.25, 0.3) is 11.1 Å². The van der Waals surface area contributed by atoms with Gasteiger partial charge in [-0.1, -0.05) is 25.1 Å². The monoisotopic (exact) mass is 231 g/mol. The molecule has 1 aromatic carbocycles. The highest BCUT2D eigenvalue weighted by molar-refractivity contribution is 5.77. The molecule has 3 rings (SSSR count). The number of nitrogens with zero attached hydrogens (tertiary/aromatic N) is 1. The predicted molar refractivity (Wildman–Crippen MR) is 64.9 cm³/mol. The fourth-order valence-electron chi connectivity index (χ4n) is 2.31. The maximum atomic E-state index is 13.8. The Balaban J connectivity index is 2.14. The molecule has 2 unspecified atom stereocenters. The van der Waals surface area contributed by atoms with Gasteiger partial charge in [0.15, 0.2) is 5.82 Å². The van der Waals surface area contributed by atoms with Crippen LogP contribution in [0.1, 0.15) is 25.0 Å². The smallest absolute Gasteiger partial charge is 0.153 e. The van der Waals surface area contributed by atoms with E-state index in [0.717, 1.165) is 17.7 Å². The van der Waals surface area contributed by atoms with Crippen molar-refractivity contribution in [1.29, 1.82) is 0 Å². The van der Waals surface area contributed by atoms with Gasteiger partial charge in [-0.15, -0.1) is 0 Å². The summed E-state index contributed by atoms with van der Waals surface area (Å²) in [6, 6.07) is 6.68. The Morgan fingerprint density at radius 3 is 2.76 bits per heavy atom. The van der Waals surface area contributed by atoms with Gasteiger partial charge < -0.3 is 5.73 Å². The number of nitrogens with one attached hydrogen (secondary N) is 1. The first-order valence-corrected chi connectivity index (χ1v) is 5.77. The number of nitrogen functional groups attached to an aromatic ring is 1. The molecular formula is C13H14FN3. The molecule has 1 aromatic heterocycles. The number of aromatic amines is 1. The number of halogens is 1. The topological polar surface area (TPSA) is 54.7 Å². The van der Waals surface area contributed by atoms with Crippen LogP contribution in [0.3, 0.4) is 0 Å². The van der Waals surface area contributed by atoms with E-state index in [-0.39, 0.29) is 5.82 Å². The average Bonchev–Trinajstić information content (AvgIpc) is 2.90. The molecule has 0 spiro atoms. The lowest BCUT2D eigenvalue weighted by molar-refractivity contribution is 0.631. The van der Waals surface area contributed by atoms with E-state index in [0.29, 0.717) is 23.2 Å². The first-order valence-electron chi connectivity index (χ1n) is 5.77. The van der Waals surface area contributed by atoms with Crippen molar-refractivity contribution < 1.29 is 4.39 Å².